The van der Waals surface area contributed by atoms with Gasteiger partial charge in [0.2, 0.25) is 0 Å². The first-order valence-electron chi connectivity index (χ1n) is 6.80. The average Bonchev–Trinajstić information content (AvgIpc) is 2.59. The van der Waals surface area contributed by atoms with E-state index in [4.69, 9.17) is 0 Å². The predicted molar refractivity (Wildman–Crippen MR) is 81.1 cm³/mol. The van der Waals surface area contributed by atoms with Crippen molar-refractivity contribution in [1.29, 1.82) is 0 Å². The number of hydrogen-bond donors (Lipinski definition) is 2. The number of esters is 1. The van der Waals surface area contributed by atoms with E-state index in [-0.39, 0.29) is 5.91 Å². The average molecular weight is 299 g/mol. The largest absolute Gasteiger partial charge is 0.467 e. The van der Waals surface area contributed by atoms with Crippen LogP contribution in [-0.2, 0) is 9.53 Å². The summed E-state index contributed by atoms with van der Waals surface area (Å²) < 4.78 is 4.56. The van der Waals surface area contributed by atoms with Gasteiger partial charge in [-0.3, -0.25) is 4.79 Å². The number of ether oxygens (including phenoxy) is 1. The molecule has 5 nitrogen and oxygen atoms in total. The van der Waals surface area contributed by atoms with Gasteiger partial charge >= 0.3 is 5.97 Å². The summed E-state index contributed by atoms with van der Waals surface area (Å²) >= 11 is 0. The predicted octanol–water partition coefficient (Wildman–Crippen LogP) is 1.69. The zero-order chi connectivity index (χ0) is 15.9. The number of nitrogens with one attached hydrogen (secondary N) is 1. The third kappa shape index (κ3) is 3.71. The molecule has 0 bridgehead atoms. The van der Waals surface area contributed by atoms with Crippen LogP contribution < -0.4 is 5.32 Å². The first kappa shape index (κ1) is 15.7. The molecule has 2 rings (SSSR count). The molecule has 0 heterocycles. The number of hydrogen-bond acceptors (Lipinski definition) is 4. The zero-order valence-corrected chi connectivity index (χ0v) is 12.1. The van der Waals surface area contributed by atoms with Crippen LogP contribution >= 0.6 is 0 Å². The Bertz CT molecular complexity index is 628. The fourth-order valence-electron chi connectivity index (χ4n) is 2.08. The smallest absolute Gasteiger partial charge is 0.337 e. The molecule has 0 aliphatic carbocycles. The third-order valence-electron chi connectivity index (χ3n) is 3.24. The number of rotatable bonds is 5. The van der Waals surface area contributed by atoms with Gasteiger partial charge in [0.15, 0.2) is 6.10 Å². The van der Waals surface area contributed by atoms with Gasteiger partial charge in [-0.2, -0.15) is 0 Å². The van der Waals surface area contributed by atoms with E-state index in [9.17, 15) is 14.7 Å². The minimum absolute atomic E-state index is 0.377. The molecule has 2 aromatic carbocycles. The maximum Gasteiger partial charge on any atom is 0.337 e. The molecular weight excluding hydrogens is 282 g/mol. The molecule has 2 N–H and O–H groups in total. The minimum atomic E-state index is -1.49. The molecule has 1 unspecified atom stereocenters. The number of carbonyl (C=O) groups excluding carboxylic acids is 2. The Morgan fingerprint density at radius 2 is 1.55 bits per heavy atom. The highest BCUT2D eigenvalue weighted by molar-refractivity contribution is 5.94. The van der Waals surface area contributed by atoms with Crippen LogP contribution in [0.5, 0.6) is 0 Å². The van der Waals surface area contributed by atoms with Gasteiger partial charge in [0.25, 0.3) is 5.91 Å². The van der Waals surface area contributed by atoms with Crippen LogP contribution in [0.4, 0.5) is 0 Å². The molecule has 2 atom stereocenters. The second-order valence-corrected chi connectivity index (χ2v) is 4.70. The van der Waals surface area contributed by atoms with Gasteiger partial charge in [0.05, 0.1) is 13.2 Å². The van der Waals surface area contributed by atoms with Crippen molar-refractivity contribution in [3.05, 3.63) is 71.8 Å². The lowest BCUT2D eigenvalue weighted by Gasteiger charge is -2.23. The summed E-state index contributed by atoms with van der Waals surface area (Å²) in [4.78, 5) is 23.9. The van der Waals surface area contributed by atoms with Crippen molar-refractivity contribution in [3.63, 3.8) is 0 Å². The van der Waals surface area contributed by atoms with Crippen LogP contribution in [-0.4, -0.2) is 30.2 Å². The van der Waals surface area contributed by atoms with Crippen LogP contribution in [0.1, 0.15) is 22.0 Å². The number of amides is 1. The monoisotopic (exact) mass is 299 g/mol. The molecule has 0 aromatic heterocycles. The van der Waals surface area contributed by atoms with Crippen LogP contribution in [0.25, 0.3) is 0 Å². The summed E-state index contributed by atoms with van der Waals surface area (Å²) in [6.07, 6.45) is -1.49. The number of benzene rings is 2. The molecule has 114 valence electrons. The Balaban J connectivity index is 2.25. The molecule has 0 radical (unpaired) electrons. The van der Waals surface area contributed by atoms with E-state index in [0.29, 0.717) is 11.1 Å². The summed E-state index contributed by atoms with van der Waals surface area (Å²) in [5, 5.41) is 12.8. The van der Waals surface area contributed by atoms with Crippen molar-refractivity contribution in [3.8, 4) is 0 Å². The van der Waals surface area contributed by atoms with Gasteiger partial charge < -0.3 is 15.2 Å². The van der Waals surface area contributed by atoms with Crippen LogP contribution in [0.2, 0.25) is 0 Å². The highest BCUT2D eigenvalue weighted by Crippen LogP contribution is 2.18. The van der Waals surface area contributed by atoms with Crippen molar-refractivity contribution in [1.82, 2.24) is 5.32 Å². The Morgan fingerprint density at radius 1 is 1.00 bits per heavy atom. The second-order valence-electron chi connectivity index (χ2n) is 4.70. The number of aliphatic hydroxyl groups is 1. The highest BCUT2D eigenvalue weighted by Gasteiger charge is 2.30. The van der Waals surface area contributed by atoms with Gasteiger partial charge in [-0.15, -0.1) is 0 Å². The summed E-state index contributed by atoms with van der Waals surface area (Å²) in [6.45, 7) is 0. The van der Waals surface area contributed by atoms with Crippen LogP contribution in [0.3, 0.4) is 0 Å². The van der Waals surface area contributed by atoms with Gasteiger partial charge in [-0.1, -0.05) is 48.5 Å². The van der Waals surface area contributed by atoms with E-state index < -0.39 is 18.1 Å². The molecule has 0 saturated heterocycles. The molecule has 1 amide bonds. The molecule has 2 aromatic rings. The maximum atomic E-state index is 12.3. The van der Waals surface area contributed by atoms with Gasteiger partial charge in [0, 0.05) is 5.56 Å². The van der Waals surface area contributed by atoms with E-state index in [0.717, 1.165) is 0 Å². The third-order valence-corrected chi connectivity index (χ3v) is 3.24. The molecule has 0 aliphatic rings. The Morgan fingerprint density at radius 3 is 2.09 bits per heavy atom. The number of carbonyl (C=O) groups is 2. The van der Waals surface area contributed by atoms with Crippen molar-refractivity contribution in [2.75, 3.05) is 7.11 Å². The lowest BCUT2D eigenvalue weighted by atomic mass is 10.0. The normalized spacial score (nSPS) is 13.0. The Kier molecular flexibility index (Phi) is 5.27. The maximum absolute atomic E-state index is 12.3. The second kappa shape index (κ2) is 7.38. The standard InChI is InChI=1S/C17H17NO4/c1-22-17(21)15(19)14(12-8-4-2-5-9-12)18-16(20)13-10-6-3-7-11-13/h2-11,14-15,19H,1H3,(H,18,20)/t14-,15?/m1/s1. The van der Waals surface area contributed by atoms with E-state index in [1.54, 1.807) is 54.6 Å². The lowest BCUT2D eigenvalue weighted by molar-refractivity contribution is -0.151. The fourth-order valence-corrected chi connectivity index (χ4v) is 2.08. The molecule has 5 heteroatoms. The highest BCUT2D eigenvalue weighted by atomic mass is 16.5. The molecule has 0 aliphatic heterocycles. The van der Waals surface area contributed by atoms with Crippen molar-refractivity contribution >= 4 is 11.9 Å². The van der Waals surface area contributed by atoms with Crippen LogP contribution in [0.15, 0.2) is 60.7 Å². The van der Waals surface area contributed by atoms with E-state index in [2.05, 4.69) is 10.1 Å². The minimum Gasteiger partial charge on any atom is -0.467 e. The number of methoxy groups -OCH3 is 1. The van der Waals surface area contributed by atoms with E-state index in [1.165, 1.54) is 7.11 Å². The summed E-state index contributed by atoms with van der Waals surface area (Å²) in [5.41, 5.74) is 1.06. The first-order valence-corrected chi connectivity index (χ1v) is 6.80. The summed E-state index contributed by atoms with van der Waals surface area (Å²) in [5.74, 6) is -1.18. The Hall–Kier alpha value is -2.66. The molecule has 0 spiro atoms. The van der Waals surface area contributed by atoms with Crippen molar-refractivity contribution < 1.29 is 19.4 Å². The SMILES string of the molecule is COC(=O)C(O)[C@H](NC(=O)c1ccccc1)c1ccccc1. The first-order chi connectivity index (χ1) is 10.6. The quantitative estimate of drug-likeness (QED) is 0.824. The zero-order valence-electron chi connectivity index (χ0n) is 12.1. The van der Waals surface area contributed by atoms with Crippen molar-refractivity contribution in [2.45, 2.75) is 12.1 Å². The topological polar surface area (TPSA) is 75.6 Å². The van der Waals surface area contributed by atoms with Gasteiger partial charge in [0.1, 0.15) is 0 Å². The summed E-state index contributed by atoms with van der Waals surface area (Å²) in [6, 6.07) is 16.5. The fraction of sp³-hybridized carbons (Fsp3) is 0.176. The summed E-state index contributed by atoms with van der Waals surface area (Å²) in [7, 11) is 1.19. The van der Waals surface area contributed by atoms with Crippen LogP contribution in [0, 0.1) is 0 Å². The Labute approximate surface area is 128 Å². The number of aliphatic hydroxyl groups excluding tert-OH is 1. The van der Waals surface area contributed by atoms with E-state index in [1.807, 2.05) is 6.07 Å². The molecule has 0 saturated carbocycles. The van der Waals surface area contributed by atoms with Gasteiger partial charge in [-0.25, -0.2) is 4.79 Å². The van der Waals surface area contributed by atoms with Gasteiger partial charge in [-0.05, 0) is 17.7 Å². The van der Waals surface area contributed by atoms with Crippen molar-refractivity contribution in [2.24, 2.45) is 0 Å². The molecule has 22 heavy (non-hydrogen) atoms. The lowest BCUT2D eigenvalue weighted by Crippen LogP contribution is -2.40. The molecular formula is C17H17NO4. The van der Waals surface area contributed by atoms with E-state index >= 15 is 0 Å². The molecule has 0 fully saturated rings.